The Balaban J connectivity index is 2.14. The van der Waals surface area contributed by atoms with Crippen molar-refractivity contribution in [1.82, 2.24) is 0 Å². The quantitative estimate of drug-likeness (QED) is 0.757. The molecule has 2 aliphatic rings. The van der Waals surface area contributed by atoms with Crippen LogP contribution < -0.4 is 4.90 Å². The fourth-order valence-corrected chi connectivity index (χ4v) is 2.96. The van der Waals surface area contributed by atoms with Crippen LogP contribution in [0.3, 0.4) is 0 Å². The van der Waals surface area contributed by atoms with E-state index in [1.807, 2.05) is 6.07 Å². The number of halogens is 2. The molecule has 0 unspecified atom stereocenters. The number of hydrogen-bond donors (Lipinski definition) is 0. The molecule has 1 aliphatic heterocycles. The Hall–Kier alpha value is -0.570. The number of hydrogen-bond acceptors (Lipinski definition) is 1. The summed E-state index contributed by atoms with van der Waals surface area (Å²) in [6, 6.07) is 4.33. The van der Waals surface area contributed by atoms with E-state index in [2.05, 4.69) is 34.7 Å². The van der Waals surface area contributed by atoms with Crippen LogP contribution in [0.15, 0.2) is 16.6 Å². The van der Waals surface area contributed by atoms with Crippen molar-refractivity contribution in [1.29, 1.82) is 0 Å². The third-order valence-corrected chi connectivity index (χ3v) is 4.24. The van der Waals surface area contributed by atoms with Crippen LogP contribution >= 0.6 is 15.9 Å². The Morgan fingerprint density at radius 2 is 2.06 bits per heavy atom. The highest BCUT2D eigenvalue weighted by atomic mass is 79.9. The summed E-state index contributed by atoms with van der Waals surface area (Å²) in [6.07, 6.45) is 2.56. The molecule has 1 aliphatic carbocycles. The Bertz CT molecular complexity index is 451. The summed E-state index contributed by atoms with van der Waals surface area (Å²) in [7, 11) is 0. The second kappa shape index (κ2) is 3.22. The van der Waals surface area contributed by atoms with Gasteiger partial charge in [-0.15, -0.1) is 0 Å². The molecule has 0 spiro atoms. The molecule has 3 rings (SSSR count). The molecule has 86 valence electrons. The Kier molecular flexibility index (Phi) is 2.13. The van der Waals surface area contributed by atoms with Gasteiger partial charge in [0, 0.05) is 23.7 Å². The number of anilines is 1. The third-order valence-electron chi connectivity index (χ3n) is 3.63. The monoisotopic (exact) mass is 283 g/mol. The van der Waals surface area contributed by atoms with Gasteiger partial charge in [-0.1, -0.05) is 13.8 Å². The van der Waals surface area contributed by atoms with Crippen LogP contribution in [0.25, 0.3) is 0 Å². The number of benzene rings is 1. The summed E-state index contributed by atoms with van der Waals surface area (Å²) in [5, 5.41) is 0. The lowest BCUT2D eigenvalue weighted by Crippen LogP contribution is -2.30. The fourth-order valence-electron chi connectivity index (χ4n) is 2.62. The van der Waals surface area contributed by atoms with Crippen LogP contribution in [-0.2, 0) is 5.41 Å². The minimum Gasteiger partial charge on any atom is -0.367 e. The molecular weight excluding hydrogens is 269 g/mol. The van der Waals surface area contributed by atoms with Crippen molar-refractivity contribution in [2.45, 2.75) is 38.1 Å². The Morgan fingerprint density at radius 3 is 2.69 bits per heavy atom. The average molecular weight is 284 g/mol. The van der Waals surface area contributed by atoms with Crippen LogP contribution in [0.4, 0.5) is 10.1 Å². The van der Waals surface area contributed by atoms with Crippen molar-refractivity contribution in [2.75, 3.05) is 11.4 Å². The molecule has 1 aromatic rings. The summed E-state index contributed by atoms with van der Waals surface area (Å²) in [5.74, 6) is -0.149. The van der Waals surface area contributed by atoms with Gasteiger partial charge >= 0.3 is 0 Å². The molecule has 0 bridgehead atoms. The minimum absolute atomic E-state index is 0.0689. The van der Waals surface area contributed by atoms with Gasteiger partial charge in [0.2, 0.25) is 0 Å². The summed E-state index contributed by atoms with van der Waals surface area (Å²) >= 11 is 3.28. The molecule has 16 heavy (non-hydrogen) atoms. The van der Waals surface area contributed by atoms with Crippen molar-refractivity contribution in [2.24, 2.45) is 0 Å². The molecule has 0 aromatic heterocycles. The van der Waals surface area contributed by atoms with Gasteiger partial charge < -0.3 is 4.90 Å². The van der Waals surface area contributed by atoms with E-state index in [0.717, 1.165) is 12.1 Å². The highest BCUT2D eigenvalue weighted by Gasteiger charge is 2.42. The maximum Gasteiger partial charge on any atom is 0.137 e. The first kappa shape index (κ1) is 10.6. The first-order valence-corrected chi connectivity index (χ1v) is 6.54. The summed E-state index contributed by atoms with van der Waals surface area (Å²) in [5.41, 5.74) is 2.44. The zero-order chi connectivity index (χ0) is 11.5. The first-order chi connectivity index (χ1) is 7.49. The molecule has 0 saturated heterocycles. The summed E-state index contributed by atoms with van der Waals surface area (Å²) < 4.78 is 14.2. The number of rotatable bonds is 1. The van der Waals surface area contributed by atoms with Crippen molar-refractivity contribution >= 4 is 21.6 Å². The van der Waals surface area contributed by atoms with Gasteiger partial charge in [0.25, 0.3) is 0 Å². The topological polar surface area (TPSA) is 3.24 Å². The Labute approximate surface area is 104 Å². The molecule has 1 aromatic carbocycles. The van der Waals surface area contributed by atoms with Gasteiger partial charge in [0.15, 0.2) is 0 Å². The maximum atomic E-state index is 13.6. The van der Waals surface area contributed by atoms with Gasteiger partial charge in [-0.3, -0.25) is 0 Å². The summed E-state index contributed by atoms with van der Waals surface area (Å²) in [4.78, 5) is 2.44. The average Bonchev–Trinajstić information content (AvgIpc) is 2.98. The SMILES string of the molecule is CC1(C)CN(C2CC2)c2cc(Br)c(F)cc21. The summed E-state index contributed by atoms with van der Waals surface area (Å²) in [6.45, 7) is 5.41. The van der Waals surface area contributed by atoms with E-state index in [1.165, 1.54) is 18.5 Å². The lowest BCUT2D eigenvalue weighted by Gasteiger charge is -2.21. The molecule has 0 amide bonds. The molecule has 0 N–H and O–H groups in total. The van der Waals surface area contributed by atoms with Crippen molar-refractivity contribution < 1.29 is 4.39 Å². The third kappa shape index (κ3) is 1.48. The molecular formula is C13H15BrFN. The molecule has 1 fully saturated rings. The fraction of sp³-hybridized carbons (Fsp3) is 0.538. The zero-order valence-corrected chi connectivity index (χ0v) is 11.1. The van der Waals surface area contributed by atoms with Gasteiger partial charge in [0.1, 0.15) is 5.82 Å². The van der Waals surface area contributed by atoms with Crippen LogP contribution in [0.5, 0.6) is 0 Å². The van der Waals surface area contributed by atoms with Gasteiger partial charge in [-0.2, -0.15) is 0 Å². The predicted octanol–water partition coefficient (Wildman–Crippen LogP) is 3.85. The highest BCUT2D eigenvalue weighted by Crippen LogP contribution is 2.47. The molecule has 0 radical (unpaired) electrons. The van der Waals surface area contributed by atoms with Gasteiger partial charge in [-0.25, -0.2) is 4.39 Å². The van der Waals surface area contributed by atoms with E-state index in [0.29, 0.717) is 10.5 Å². The van der Waals surface area contributed by atoms with Crippen molar-refractivity contribution in [3.05, 3.63) is 28.0 Å². The normalized spacial score (nSPS) is 22.4. The van der Waals surface area contributed by atoms with E-state index in [9.17, 15) is 4.39 Å². The lowest BCUT2D eigenvalue weighted by atomic mass is 9.87. The van der Waals surface area contributed by atoms with Crippen molar-refractivity contribution in [3.63, 3.8) is 0 Å². The van der Waals surface area contributed by atoms with Crippen LogP contribution in [-0.4, -0.2) is 12.6 Å². The largest absolute Gasteiger partial charge is 0.367 e. The van der Waals surface area contributed by atoms with E-state index >= 15 is 0 Å². The molecule has 1 heterocycles. The van der Waals surface area contributed by atoms with Crippen molar-refractivity contribution in [3.8, 4) is 0 Å². The van der Waals surface area contributed by atoms with Crippen LogP contribution in [0, 0.1) is 5.82 Å². The standard InChI is InChI=1S/C13H15BrFN/c1-13(2)7-16(8-3-4-8)12-6-10(14)11(15)5-9(12)13/h5-6,8H,3-4,7H2,1-2H3. The smallest absolute Gasteiger partial charge is 0.137 e. The van der Waals surface area contributed by atoms with Gasteiger partial charge in [0.05, 0.1) is 4.47 Å². The molecule has 3 heteroatoms. The number of fused-ring (bicyclic) bond motifs is 1. The van der Waals surface area contributed by atoms with Crippen LogP contribution in [0.2, 0.25) is 0 Å². The molecule has 0 atom stereocenters. The van der Waals surface area contributed by atoms with Crippen LogP contribution in [0.1, 0.15) is 32.3 Å². The van der Waals surface area contributed by atoms with E-state index in [4.69, 9.17) is 0 Å². The van der Waals surface area contributed by atoms with E-state index < -0.39 is 0 Å². The maximum absolute atomic E-state index is 13.6. The number of nitrogens with zero attached hydrogens (tertiary/aromatic N) is 1. The highest BCUT2D eigenvalue weighted by molar-refractivity contribution is 9.10. The first-order valence-electron chi connectivity index (χ1n) is 5.75. The zero-order valence-electron chi connectivity index (χ0n) is 9.56. The molecule has 1 nitrogen and oxygen atoms in total. The van der Waals surface area contributed by atoms with Gasteiger partial charge in [-0.05, 0) is 46.5 Å². The lowest BCUT2D eigenvalue weighted by molar-refractivity contribution is 0.543. The minimum atomic E-state index is -0.149. The Morgan fingerprint density at radius 1 is 1.38 bits per heavy atom. The van der Waals surface area contributed by atoms with E-state index in [1.54, 1.807) is 6.07 Å². The second-order valence-corrected chi connectivity index (χ2v) is 6.38. The second-order valence-electron chi connectivity index (χ2n) is 5.53. The molecule has 1 saturated carbocycles. The predicted molar refractivity (Wildman–Crippen MR) is 67.5 cm³/mol. The van der Waals surface area contributed by atoms with E-state index in [-0.39, 0.29) is 11.2 Å².